The van der Waals surface area contributed by atoms with Gasteiger partial charge in [0.15, 0.2) is 0 Å². The third-order valence-corrected chi connectivity index (χ3v) is 4.73. The average Bonchev–Trinajstić information content (AvgIpc) is 3.35. The molecular weight excluding hydrogens is 370 g/mol. The lowest BCUT2D eigenvalue weighted by Crippen LogP contribution is -2.27. The summed E-state index contributed by atoms with van der Waals surface area (Å²) in [6, 6.07) is 10.7. The second-order valence-electron chi connectivity index (χ2n) is 7.91. The summed E-state index contributed by atoms with van der Waals surface area (Å²) >= 11 is 0. The Balaban J connectivity index is 1.97. The maximum Gasteiger partial charge on any atom is 0.419 e. The van der Waals surface area contributed by atoms with Gasteiger partial charge in [-0.3, -0.25) is 19.1 Å². The minimum Gasteiger partial charge on any atom is -0.443 e. The number of amides is 2. The van der Waals surface area contributed by atoms with Crippen molar-refractivity contribution in [3.8, 4) is 0 Å². The maximum absolute atomic E-state index is 13.0. The van der Waals surface area contributed by atoms with Crippen LogP contribution in [-0.2, 0) is 14.3 Å². The molecule has 3 aromatic rings. The summed E-state index contributed by atoms with van der Waals surface area (Å²) in [4.78, 5) is 42.6. The summed E-state index contributed by atoms with van der Waals surface area (Å²) in [6.45, 7) is 5.37. The van der Waals surface area contributed by atoms with Crippen molar-refractivity contribution in [2.24, 2.45) is 0 Å². The highest BCUT2D eigenvalue weighted by Crippen LogP contribution is 2.38. The molecule has 1 aliphatic heterocycles. The van der Waals surface area contributed by atoms with Crippen LogP contribution in [0.1, 0.15) is 32.0 Å². The van der Waals surface area contributed by atoms with Crippen molar-refractivity contribution in [3.05, 3.63) is 60.0 Å². The molecule has 0 aliphatic carbocycles. The number of rotatable bonds is 2. The van der Waals surface area contributed by atoms with Gasteiger partial charge in [0.05, 0.1) is 22.4 Å². The number of benzene rings is 1. The number of ether oxygens (including phenoxy) is 1. The van der Waals surface area contributed by atoms with Gasteiger partial charge in [0.2, 0.25) is 0 Å². The number of aromatic nitrogens is 2. The maximum atomic E-state index is 13.0. The van der Waals surface area contributed by atoms with E-state index in [1.165, 1.54) is 11.6 Å². The largest absolute Gasteiger partial charge is 0.443 e. The van der Waals surface area contributed by atoms with E-state index in [4.69, 9.17) is 4.74 Å². The number of nitrogens with zero attached hydrogens (tertiary/aromatic N) is 2. The first-order valence-corrected chi connectivity index (χ1v) is 9.23. The molecule has 1 aliphatic rings. The number of carbonyl (C=O) groups is 3. The van der Waals surface area contributed by atoms with Crippen LogP contribution in [0.2, 0.25) is 0 Å². The Morgan fingerprint density at radius 3 is 2.34 bits per heavy atom. The SMILES string of the molecule is CN1C(=O)C(c2ccc[nH]2)=C(c2cn(C(=O)OC(C)(C)C)c3ccccc23)C1=O. The van der Waals surface area contributed by atoms with Gasteiger partial charge in [0.1, 0.15) is 5.60 Å². The molecule has 2 aromatic heterocycles. The van der Waals surface area contributed by atoms with Gasteiger partial charge in [-0.25, -0.2) is 4.79 Å². The van der Waals surface area contributed by atoms with Crippen molar-refractivity contribution in [1.29, 1.82) is 0 Å². The quantitative estimate of drug-likeness (QED) is 0.676. The van der Waals surface area contributed by atoms with Crippen LogP contribution in [-0.4, -0.2) is 45.0 Å². The molecule has 0 radical (unpaired) electrons. The highest BCUT2D eigenvalue weighted by molar-refractivity contribution is 6.49. The normalized spacial score (nSPS) is 15.0. The van der Waals surface area contributed by atoms with E-state index < -0.39 is 17.6 Å². The first kappa shape index (κ1) is 18.7. The molecule has 29 heavy (non-hydrogen) atoms. The van der Waals surface area contributed by atoms with Crippen LogP contribution < -0.4 is 0 Å². The topological polar surface area (TPSA) is 84.4 Å². The summed E-state index contributed by atoms with van der Waals surface area (Å²) in [6.07, 6.45) is 2.72. The van der Waals surface area contributed by atoms with Gasteiger partial charge in [-0.05, 0) is 39.0 Å². The number of nitrogens with one attached hydrogen (secondary N) is 1. The van der Waals surface area contributed by atoms with E-state index in [-0.39, 0.29) is 17.1 Å². The van der Waals surface area contributed by atoms with E-state index >= 15 is 0 Å². The highest BCUT2D eigenvalue weighted by Gasteiger charge is 2.39. The molecule has 4 rings (SSSR count). The Hall–Kier alpha value is -3.61. The van der Waals surface area contributed by atoms with Crippen LogP contribution in [0.5, 0.6) is 0 Å². The third-order valence-electron chi connectivity index (χ3n) is 4.73. The van der Waals surface area contributed by atoms with Crippen molar-refractivity contribution in [2.75, 3.05) is 7.05 Å². The van der Waals surface area contributed by atoms with Crippen LogP contribution in [0.25, 0.3) is 22.0 Å². The van der Waals surface area contributed by atoms with E-state index in [0.29, 0.717) is 22.2 Å². The number of carbonyl (C=O) groups excluding carboxylic acids is 3. The molecule has 1 N–H and O–H groups in total. The molecule has 0 bridgehead atoms. The molecule has 0 spiro atoms. The molecule has 0 atom stereocenters. The van der Waals surface area contributed by atoms with E-state index in [0.717, 1.165) is 4.90 Å². The molecule has 2 amide bonds. The molecule has 148 valence electrons. The predicted molar refractivity (Wildman–Crippen MR) is 109 cm³/mol. The van der Waals surface area contributed by atoms with Crippen molar-refractivity contribution in [2.45, 2.75) is 26.4 Å². The highest BCUT2D eigenvalue weighted by atomic mass is 16.6. The second-order valence-corrected chi connectivity index (χ2v) is 7.91. The summed E-state index contributed by atoms with van der Waals surface area (Å²) in [5.41, 5.74) is 1.55. The number of likely N-dealkylation sites (N-methyl/N-ethyl adjacent to an activating group) is 1. The fourth-order valence-corrected chi connectivity index (χ4v) is 3.47. The summed E-state index contributed by atoms with van der Waals surface area (Å²) < 4.78 is 6.90. The fourth-order valence-electron chi connectivity index (χ4n) is 3.47. The van der Waals surface area contributed by atoms with Gasteiger partial charge in [-0.15, -0.1) is 0 Å². The number of H-pyrrole nitrogens is 1. The Bertz CT molecular complexity index is 1180. The molecular formula is C22H21N3O4. The Morgan fingerprint density at radius 1 is 1.00 bits per heavy atom. The van der Waals surface area contributed by atoms with Crippen LogP contribution in [0.4, 0.5) is 4.79 Å². The number of hydrogen-bond donors (Lipinski definition) is 1. The van der Waals surface area contributed by atoms with Crippen molar-refractivity contribution in [3.63, 3.8) is 0 Å². The molecule has 7 nitrogen and oxygen atoms in total. The third kappa shape index (κ3) is 3.04. The van der Waals surface area contributed by atoms with Crippen LogP contribution in [0.3, 0.4) is 0 Å². The minimum atomic E-state index is -0.670. The monoisotopic (exact) mass is 391 g/mol. The van der Waals surface area contributed by atoms with Gasteiger partial charge in [-0.2, -0.15) is 0 Å². The lowest BCUT2D eigenvalue weighted by atomic mass is 9.99. The average molecular weight is 391 g/mol. The molecule has 3 heterocycles. The lowest BCUT2D eigenvalue weighted by Gasteiger charge is -2.19. The van der Waals surface area contributed by atoms with E-state index in [1.807, 2.05) is 12.1 Å². The van der Waals surface area contributed by atoms with Crippen molar-refractivity contribution >= 4 is 40.0 Å². The lowest BCUT2D eigenvalue weighted by molar-refractivity contribution is -0.134. The smallest absolute Gasteiger partial charge is 0.419 e. The zero-order valence-corrected chi connectivity index (χ0v) is 16.6. The number of imide groups is 1. The van der Waals surface area contributed by atoms with Crippen LogP contribution >= 0.6 is 0 Å². The van der Waals surface area contributed by atoms with Crippen LogP contribution in [0.15, 0.2) is 48.8 Å². The van der Waals surface area contributed by atoms with E-state index in [9.17, 15) is 14.4 Å². The Labute approximate surface area is 167 Å². The molecule has 1 aromatic carbocycles. The first-order valence-electron chi connectivity index (χ1n) is 9.23. The van der Waals surface area contributed by atoms with E-state index in [2.05, 4.69) is 4.98 Å². The standard InChI is InChI=1S/C22H21N3O4/c1-22(2,3)29-21(28)25-12-14(13-8-5-6-10-16(13)25)17-18(15-9-7-11-23-15)20(27)24(4)19(17)26/h5-12,23H,1-4H3. The van der Waals surface area contributed by atoms with Gasteiger partial charge in [-0.1, -0.05) is 18.2 Å². The summed E-state index contributed by atoms with van der Waals surface area (Å²) in [5.74, 6) is -0.798. The van der Waals surface area contributed by atoms with Gasteiger partial charge in [0.25, 0.3) is 11.8 Å². The summed E-state index contributed by atoms with van der Waals surface area (Å²) in [5, 5.41) is 0.689. The van der Waals surface area contributed by atoms with Crippen molar-refractivity contribution < 1.29 is 19.1 Å². The summed E-state index contributed by atoms with van der Waals surface area (Å²) in [7, 11) is 1.45. The minimum absolute atomic E-state index is 0.262. The van der Waals surface area contributed by atoms with E-state index in [1.54, 1.807) is 57.4 Å². The van der Waals surface area contributed by atoms with Crippen LogP contribution in [0, 0.1) is 0 Å². The molecule has 0 saturated carbocycles. The predicted octanol–water partition coefficient (Wildman–Crippen LogP) is 3.66. The second kappa shape index (κ2) is 6.48. The number of aromatic amines is 1. The zero-order chi connectivity index (χ0) is 20.9. The fraction of sp³-hybridized carbons (Fsp3) is 0.227. The number of hydrogen-bond acceptors (Lipinski definition) is 4. The van der Waals surface area contributed by atoms with Gasteiger partial charge in [0, 0.05) is 30.4 Å². The Morgan fingerprint density at radius 2 is 1.69 bits per heavy atom. The zero-order valence-electron chi connectivity index (χ0n) is 16.6. The van der Waals surface area contributed by atoms with Gasteiger partial charge >= 0.3 is 6.09 Å². The number of para-hydroxylation sites is 1. The Kier molecular flexibility index (Phi) is 4.19. The molecule has 7 heteroatoms. The van der Waals surface area contributed by atoms with Crippen molar-refractivity contribution in [1.82, 2.24) is 14.5 Å². The molecule has 0 fully saturated rings. The molecule has 0 saturated heterocycles. The number of fused-ring (bicyclic) bond motifs is 1. The first-order chi connectivity index (χ1) is 13.7. The molecule has 0 unspecified atom stereocenters. The van der Waals surface area contributed by atoms with Gasteiger partial charge < -0.3 is 9.72 Å².